The minimum Gasteiger partial charge on any atom is -0.467 e. The number of piperidine rings is 1. The van der Waals surface area contributed by atoms with Gasteiger partial charge in [-0.05, 0) is 45.9 Å². The third-order valence-corrected chi connectivity index (χ3v) is 3.63. The van der Waals surface area contributed by atoms with Gasteiger partial charge in [-0.1, -0.05) is 0 Å². The van der Waals surface area contributed by atoms with Crippen LogP contribution in [0, 0.1) is 5.92 Å². The summed E-state index contributed by atoms with van der Waals surface area (Å²) in [6.45, 7) is 4.98. The highest BCUT2D eigenvalue weighted by Gasteiger charge is 2.26. The second-order valence-corrected chi connectivity index (χ2v) is 5.78. The van der Waals surface area contributed by atoms with E-state index in [0.29, 0.717) is 6.54 Å². The molecule has 1 amide bonds. The number of carbonyl (C=O) groups excluding carboxylic acids is 2. The molecule has 116 valence electrons. The maximum absolute atomic E-state index is 11.7. The second kappa shape index (κ2) is 8.21. The van der Waals surface area contributed by atoms with Gasteiger partial charge in [0, 0.05) is 20.0 Å². The van der Waals surface area contributed by atoms with E-state index in [9.17, 15) is 9.59 Å². The molecule has 1 aliphatic rings. The standard InChI is InChI=1S/C14H27N3O3/c1-11(18)15-13(14(19)20-4)10-17-7-5-12(6-8-17)9-16(2)3/h12-13H,5-10H2,1-4H3,(H,15,18). The lowest BCUT2D eigenvalue weighted by molar-refractivity contribution is -0.145. The van der Waals surface area contributed by atoms with Gasteiger partial charge in [0.2, 0.25) is 5.91 Å². The summed E-state index contributed by atoms with van der Waals surface area (Å²) >= 11 is 0. The van der Waals surface area contributed by atoms with Crippen molar-refractivity contribution in [1.82, 2.24) is 15.1 Å². The average Bonchev–Trinajstić information content (AvgIpc) is 2.38. The first-order valence-electron chi connectivity index (χ1n) is 7.14. The van der Waals surface area contributed by atoms with E-state index in [-0.39, 0.29) is 11.9 Å². The molecular formula is C14H27N3O3. The number of nitrogens with one attached hydrogen (secondary N) is 1. The Kier molecular flexibility index (Phi) is 6.95. The molecule has 1 saturated heterocycles. The zero-order chi connectivity index (χ0) is 15.1. The molecule has 1 rings (SSSR count). The number of hydrogen-bond donors (Lipinski definition) is 1. The van der Waals surface area contributed by atoms with Crippen molar-refractivity contribution in [2.75, 3.05) is 47.4 Å². The summed E-state index contributed by atoms with van der Waals surface area (Å²) in [5.41, 5.74) is 0. The molecule has 1 heterocycles. The molecule has 0 aromatic carbocycles. The Labute approximate surface area is 121 Å². The molecule has 1 N–H and O–H groups in total. The Morgan fingerprint density at radius 2 is 1.95 bits per heavy atom. The number of likely N-dealkylation sites (tertiary alicyclic amines) is 1. The van der Waals surface area contributed by atoms with Gasteiger partial charge in [-0.2, -0.15) is 0 Å². The van der Waals surface area contributed by atoms with Gasteiger partial charge in [-0.15, -0.1) is 0 Å². The predicted molar refractivity (Wildman–Crippen MR) is 77.3 cm³/mol. The monoisotopic (exact) mass is 285 g/mol. The van der Waals surface area contributed by atoms with Crippen LogP contribution in [0.3, 0.4) is 0 Å². The fourth-order valence-corrected chi connectivity index (χ4v) is 2.69. The van der Waals surface area contributed by atoms with Gasteiger partial charge in [0.1, 0.15) is 6.04 Å². The molecule has 0 saturated carbocycles. The number of hydrogen-bond acceptors (Lipinski definition) is 5. The van der Waals surface area contributed by atoms with Crippen LogP contribution < -0.4 is 5.32 Å². The quantitative estimate of drug-likeness (QED) is 0.693. The number of esters is 1. The van der Waals surface area contributed by atoms with Gasteiger partial charge < -0.3 is 19.9 Å². The molecule has 0 aliphatic carbocycles. The second-order valence-electron chi connectivity index (χ2n) is 5.78. The van der Waals surface area contributed by atoms with Gasteiger partial charge in [-0.25, -0.2) is 4.79 Å². The topological polar surface area (TPSA) is 61.9 Å². The molecular weight excluding hydrogens is 258 g/mol. The molecule has 0 aromatic rings. The molecule has 6 heteroatoms. The van der Waals surface area contributed by atoms with Gasteiger partial charge in [0.25, 0.3) is 0 Å². The molecule has 1 atom stereocenters. The van der Waals surface area contributed by atoms with Crippen molar-refractivity contribution < 1.29 is 14.3 Å². The lowest BCUT2D eigenvalue weighted by Crippen LogP contribution is -2.50. The number of methoxy groups -OCH3 is 1. The number of amides is 1. The lowest BCUT2D eigenvalue weighted by atomic mass is 9.96. The van der Waals surface area contributed by atoms with Crippen LogP contribution in [-0.4, -0.2) is 75.1 Å². The predicted octanol–water partition coefficient (Wildman–Crippen LogP) is -0.0623. The van der Waals surface area contributed by atoms with Crippen molar-refractivity contribution in [3.8, 4) is 0 Å². The normalized spacial score (nSPS) is 18.9. The summed E-state index contributed by atoms with van der Waals surface area (Å²) in [4.78, 5) is 27.3. The van der Waals surface area contributed by atoms with E-state index < -0.39 is 6.04 Å². The van der Waals surface area contributed by atoms with Crippen LogP contribution in [0.15, 0.2) is 0 Å². The Hall–Kier alpha value is -1.14. The maximum Gasteiger partial charge on any atom is 0.329 e. The highest BCUT2D eigenvalue weighted by Crippen LogP contribution is 2.17. The number of nitrogens with zero attached hydrogens (tertiary/aromatic N) is 2. The van der Waals surface area contributed by atoms with E-state index in [4.69, 9.17) is 4.74 Å². The molecule has 0 spiro atoms. The zero-order valence-electron chi connectivity index (χ0n) is 13.0. The van der Waals surface area contributed by atoms with E-state index in [1.165, 1.54) is 14.0 Å². The fraction of sp³-hybridized carbons (Fsp3) is 0.857. The molecule has 1 fully saturated rings. The molecule has 0 aromatic heterocycles. The van der Waals surface area contributed by atoms with E-state index in [2.05, 4.69) is 29.2 Å². The summed E-state index contributed by atoms with van der Waals surface area (Å²) in [5.74, 6) is 0.136. The van der Waals surface area contributed by atoms with Crippen molar-refractivity contribution in [2.24, 2.45) is 5.92 Å². The molecule has 20 heavy (non-hydrogen) atoms. The van der Waals surface area contributed by atoms with Crippen LogP contribution in [0.4, 0.5) is 0 Å². The van der Waals surface area contributed by atoms with Gasteiger partial charge in [-0.3, -0.25) is 4.79 Å². The minimum absolute atomic E-state index is 0.206. The smallest absolute Gasteiger partial charge is 0.329 e. The van der Waals surface area contributed by atoms with E-state index >= 15 is 0 Å². The molecule has 1 aliphatic heterocycles. The summed E-state index contributed by atoms with van der Waals surface area (Å²) < 4.78 is 4.74. The van der Waals surface area contributed by atoms with E-state index in [1.807, 2.05) is 0 Å². The van der Waals surface area contributed by atoms with Gasteiger partial charge in [0.05, 0.1) is 7.11 Å². The van der Waals surface area contributed by atoms with Crippen LogP contribution in [-0.2, 0) is 14.3 Å². The molecule has 0 radical (unpaired) electrons. The number of rotatable bonds is 6. The first kappa shape index (κ1) is 16.9. The van der Waals surface area contributed by atoms with Gasteiger partial charge in [0.15, 0.2) is 0 Å². The van der Waals surface area contributed by atoms with Crippen molar-refractivity contribution in [1.29, 1.82) is 0 Å². The summed E-state index contributed by atoms with van der Waals surface area (Å²) in [6, 6.07) is -0.567. The third kappa shape index (κ3) is 5.88. The summed E-state index contributed by atoms with van der Waals surface area (Å²) in [6.07, 6.45) is 2.26. The van der Waals surface area contributed by atoms with E-state index in [1.54, 1.807) is 0 Å². The van der Waals surface area contributed by atoms with Crippen LogP contribution >= 0.6 is 0 Å². The van der Waals surface area contributed by atoms with Crippen molar-refractivity contribution in [2.45, 2.75) is 25.8 Å². The zero-order valence-corrected chi connectivity index (χ0v) is 13.0. The third-order valence-electron chi connectivity index (χ3n) is 3.63. The highest BCUT2D eigenvalue weighted by molar-refractivity contribution is 5.83. The van der Waals surface area contributed by atoms with Crippen molar-refractivity contribution in [3.05, 3.63) is 0 Å². The Balaban J connectivity index is 2.43. The Morgan fingerprint density at radius 3 is 2.40 bits per heavy atom. The maximum atomic E-state index is 11.7. The lowest BCUT2D eigenvalue weighted by Gasteiger charge is -2.34. The summed E-state index contributed by atoms with van der Waals surface area (Å²) in [7, 11) is 5.54. The van der Waals surface area contributed by atoms with Crippen molar-refractivity contribution >= 4 is 11.9 Å². The van der Waals surface area contributed by atoms with Gasteiger partial charge >= 0.3 is 5.97 Å². The Morgan fingerprint density at radius 1 is 1.35 bits per heavy atom. The fourth-order valence-electron chi connectivity index (χ4n) is 2.69. The Bertz CT molecular complexity index is 326. The van der Waals surface area contributed by atoms with Crippen molar-refractivity contribution in [3.63, 3.8) is 0 Å². The highest BCUT2D eigenvalue weighted by atomic mass is 16.5. The SMILES string of the molecule is COC(=O)C(CN1CCC(CN(C)C)CC1)NC(C)=O. The van der Waals surface area contributed by atoms with Crippen LogP contribution in [0.2, 0.25) is 0 Å². The number of ether oxygens (including phenoxy) is 1. The van der Waals surface area contributed by atoms with E-state index in [0.717, 1.165) is 38.4 Å². The van der Waals surface area contributed by atoms with Crippen LogP contribution in [0.5, 0.6) is 0 Å². The first-order chi connectivity index (χ1) is 9.42. The molecule has 0 bridgehead atoms. The number of carbonyl (C=O) groups is 2. The van der Waals surface area contributed by atoms with Crippen LogP contribution in [0.25, 0.3) is 0 Å². The largest absolute Gasteiger partial charge is 0.467 e. The minimum atomic E-state index is -0.567. The molecule has 1 unspecified atom stereocenters. The average molecular weight is 285 g/mol. The molecule has 6 nitrogen and oxygen atoms in total. The summed E-state index contributed by atoms with van der Waals surface area (Å²) in [5, 5.41) is 2.66. The van der Waals surface area contributed by atoms with Crippen LogP contribution in [0.1, 0.15) is 19.8 Å². The first-order valence-corrected chi connectivity index (χ1v) is 7.14.